The van der Waals surface area contributed by atoms with Gasteiger partial charge in [-0.15, -0.1) is 0 Å². The Hall–Kier alpha value is -2.52. The van der Waals surface area contributed by atoms with E-state index in [4.69, 9.17) is 21.3 Å². The van der Waals surface area contributed by atoms with Crippen molar-refractivity contribution < 1.29 is 13.5 Å². The van der Waals surface area contributed by atoms with Gasteiger partial charge in [-0.1, -0.05) is 11.6 Å². The zero-order valence-corrected chi connectivity index (χ0v) is 19.1. The van der Waals surface area contributed by atoms with Crippen molar-refractivity contribution >= 4 is 28.3 Å². The van der Waals surface area contributed by atoms with Crippen LogP contribution in [0, 0.1) is 5.82 Å². The first-order valence-corrected chi connectivity index (χ1v) is 11.7. The van der Waals surface area contributed by atoms with Gasteiger partial charge in [0.15, 0.2) is 5.82 Å². The van der Waals surface area contributed by atoms with Crippen LogP contribution in [0.5, 0.6) is 6.01 Å². The first-order valence-electron chi connectivity index (χ1n) is 11.4. The van der Waals surface area contributed by atoms with Crippen molar-refractivity contribution in [3.63, 3.8) is 0 Å². The topological polar surface area (TPSA) is 59.3 Å². The van der Waals surface area contributed by atoms with Gasteiger partial charge in [0.1, 0.15) is 24.1 Å². The molecule has 0 saturated carbocycles. The summed E-state index contributed by atoms with van der Waals surface area (Å²) in [4.78, 5) is 17.7. The van der Waals surface area contributed by atoms with Gasteiger partial charge in [0.25, 0.3) is 0 Å². The SMILES string of the molecule is C[C@@H]1Cn2cncc2CN1c1nc(OC[C@@]23CCCN2C[C@H](F)C3)nc2c(F)cc(Cl)cc12. The minimum absolute atomic E-state index is 0.0886. The number of rotatable bonds is 4. The van der Waals surface area contributed by atoms with E-state index in [1.807, 2.05) is 12.5 Å². The monoisotopic (exact) mass is 474 g/mol. The Kier molecular flexibility index (Phi) is 4.95. The van der Waals surface area contributed by atoms with Gasteiger partial charge in [0.2, 0.25) is 0 Å². The van der Waals surface area contributed by atoms with Crippen LogP contribution in [0.25, 0.3) is 10.9 Å². The van der Waals surface area contributed by atoms with Crippen molar-refractivity contribution in [3.05, 3.63) is 41.2 Å². The Morgan fingerprint density at radius 2 is 2.15 bits per heavy atom. The summed E-state index contributed by atoms with van der Waals surface area (Å²) in [6.07, 6.45) is 5.15. The second-order valence-corrected chi connectivity index (χ2v) is 9.93. The minimum atomic E-state index is -0.847. The highest BCUT2D eigenvalue weighted by atomic mass is 35.5. The molecule has 0 bridgehead atoms. The molecule has 7 nitrogen and oxygen atoms in total. The third-order valence-corrected chi connectivity index (χ3v) is 7.52. The van der Waals surface area contributed by atoms with Crippen LogP contribution < -0.4 is 9.64 Å². The maximum Gasteiger partial charge on any atom is 0.319 e. The molecule has 0 aliphatic carbocycles. The number of halogens is 3. The van der Waals surface area contributed by atoms with Crippen molar-refractivity contribution in [2.75, 3.05) is 24.6 Å². The van der Waals surface area contributed by atoms with E-state index in [0.717, 1.165) is 31.6 Å². The second kappa shape index (κ2) is 7.77. The van der Waals surface area contributed by atoms with Crippen molar-refractivity contribution in [2.45, 2.75) is 57.0 Å². The number of aromatic nitrogens is 4. The molecule has 0 spiro atoms. The minimum Gasteiger partial charge on any atom is -0.461 e. The first kappa shape index (κ1) is 21.0. The molecule has 0 unspecified atom stereocenters. The lowest BCUT2D eigenvalue weighted by atomic mass is 9.95. The molecule has 2 fully saturated rings. The Morgan fingerprint density at radius 3 is 3.03 bits per heavy atom. The van der Waals surface area contributed by atoms with Crippen LogP contribution >= 0.6 is 11.6 Å². The van der Waals surface area contributed by atoms with Gasteiger partial charge >= 0.3 is 6.01 Å². The molecule has 33 heavy (non-hydrogen) atoms. The van der Waals surface area contributed by atoms with Gasteiger partial charge in [-0.2, -0.15) is 9.97 Å². The number of ether oxygens (including phenoxy) is 1. The maximum atomic E-state index is 14.9. The molecule has 0 radical (unpaired) electrons. The summed E-state index contributed by atoms with van der Waals surface area (Å²) < 4.78 is 37.3. The second-order valence-electron chi connectivity index (χ2n) is 9.49. The molecule has 5 heterocycles. The van der Waals surface area contributed by atoms with Crippen LogP contribution in [0.1, 0.15) is 31.9 Å². The molecule has 3 atom stereocenters. The Labute approximate surface area is 195 Å². The molecular weight excluding hydrogens is 450 g/mol. The average Bonchev–Trinajstić information content (AvgIpc) is 3.45. The first-order chi connectivity index (χ1) is 15.9. The average molecular weight is 475 g/mol. The predicted octanol–water partition coefficient (Wildman–Crippen LogP) is 3.98. The van der Waals surface area contributed by atoms with E-state index < -0.39 is 12.0 Å². The largest absolute Gasteiger partial charge is 0.461 e. The summed E-state index contributed by atoms with van der Waals surface area (Å²) in [5.74, 6) is 0.0537. The molecule has 6 rings (SSSR count). The quantitative estimate of drug-likeness (QED) is 0.570. The van der Waals surface area contributed by atoms with Gasteiger partial charge in [-0.05, 0) is 38.4 Å². The Bertz CT molecular complexity index is 1220. The summed E-state index contributed by atoms with van der Waals surface area (Å²) >= 11 is 6.20. The molecule has 1 aromatic carbocycles. The van der Waals surface area contributed by atoms with E-state index in [1.165, 1.54) is 6.07 Å². The van der Waals surface area contributed by atoms with Crippen LogP contribution in [-0.2, 0) is 13.1 Å². The lowest BCUT2D eigenvalue weighted by Gasteiger charge is -2.36. The van der Waals surface area contributed by atoms with E-state index in [1.54, 1.807) is 6.07 Å². The molecule has 3 aromatic rings. The normalized spacial score (nSPS) is 27.2. The molecule has 0 N–H and O–H groups in total. The molecule has 2 aromatic heterocycles. The number of benzene rings is 1. The zero-order valence-electron chi connectivity index (χ0n) is 18.3. The van der Waals surface area contributed by atoms with E-state index >= 15 is 0 Å². The van der Waals surface area contributed by atoms with Crippen LogP contribution in [0.2, 0.25) is 5.02 Å². The maximum absolute atomic E-state index is 14.9. The number of alkyl halides is 1. The summed E-state index contributed by atoms with van der Waals surface area (Å²) in [6.45, 7) is 5.00. The van der Waals surface area contributed by atoms with Crippen molar-refractivity contribution in [3.8, 4) is 6.01 Å². The van der Waals surface area contributed by atoms with Crippen LogP contribution in [0.15, 0.2) is 24.7 Å². The number of fused-ring (bicyclic) bond motifs is 3. The standard InChI is InChI=1S/C23H25ClF2N6O/c1-14-9-30-13-27-8-17(30)11-32(14)21-18-5-15(24)6-19(26)20(18)28-22(29-21)33-12-23-3-2-4-31(23)10-16(25)7-23/h5-6,8,13-14,16H,2-4,7,9-12H2,1H3/t14-,16-,23+/m1/s1. The van der Waals surface area contributed by atoms with Gasteiger partial charge in [0.05, 0.1) is 24.1 Å². The summed E-state index contributed by atoms with van der Waals surface area (Å²) in [6, 6.07) is 3.14. The third kappa shape index (κ3) is 3.52. The molecule has 3 aliphatic rings. The summed E-state index contributed by atoms with van der Waals surface area (Å²) in [5.41, 5.74) is 0.882. The van der Waals surface area contributed by atoms with E-state index in [0.29, 0.717) is 30.7 Å². The van der Waals surface area contributed by atoms with Crippen LogP contribution in [0.3, 0.4) is 0 Å². The van der Waals surface area contributed by atoms with E-state index in [-0.39, 0.29) is 34.7 Å². The number of nitrogens with zero attached hydrogens (tertiary/aromatic N) is 6. The molecule has 174 valence electrons. The number of imidazole rings is 1. The molecule has 3 aliphatic heterocycles. The van der Waals surface area contributed by atoms with Crippen molar-refractivity contribution in [1.82, 2.24) is 24.4 Å². The Morgan fingerprint density at radius 1 is 1.27 bits per heavy atom. The third-order valence-electron chi connectivity index (χ3n) is 7.30. The fourth-order valence-electron chi connectivity index (χ4n) is 5.69. The zero-order chi connectivity index (χ0) is 22.7. The fraction of sp³-hybridized carbons (Fsp3) is 0.522. The van der Waals surface area contributed by atoms with Crippen molar-refractivity contribution in [2.24, 2.45) is 0 Å². The molecule has 0 amide bonds. The van der Waals surface area contributed by atoms with Gasteiger partial charge in [0, 0.05) is 42.2 Å². The number of anilines is 1. The summed E-state index contributed by atoms with van der Waals surface area (Å²) in [5, 5.41) is 0.825. The number of hydrogen-bond donors (Lipinski definition) is 0. The molecule has 2 saturated heterocycles. The highest BCUT2D eigenvalue weighted by Crippen LogP contribution is 2.41. The number of hydrogen-bond acceptors (Lipinski definition) is 6. The van der Waals surface area contributed by atoms with Gasteiger partial charge < -0.3 is 14.2 Å². The van der Waals surface area contributed by atoms with Crippen LogP contribution in [0.4, 0.5) is 14.6 Å². The predicted molar refractivity (Wildman–Crippen MR) is 121 cm³/mol. The highest BCUT2D eigenvalue weighted by molar-refractivity contribution is 6.31. The smallest absolute Gasteiger partial charge is 0.319 e. The van der Waals surface area contributed by atoms with Gasteiger partial charge in [-0.25, -0.2) is 13.8 Å². The molecular formula is C23H25ClF2N6O. The van der Waals surface area contributed by atoms with Gasteiger partial charge in [-0.3, -0.25) is 4.90 Å². The Balaban J connectivity index is 1.39. The lowest BCUT2D eigenvalue weighted by molar-refractivity contribution is 0.107. The lowest BCUT2D eigenvalue weighted by Crippen LogP contribution is -2.44. The fourth-order valence-corrected chi connectivity index (χ4v) is 5.90. The van der Waals surface area contributed by atoms with E-state index in [9.17, 15) is 8.78 Å². The van der Waals surface area contributed by atoms with Crippen molar-refractivity contribution in [1.29, 1.82) is 0 Å². The summed E-state index contributed by atoms with van der Waals surface area (Å²) in [7, 11) is 0. The van der Waals surface area contributed by atoms with Crippen LogP contribution in [-0.4, -0.2) is 61.9 Å². The highest BCUT2D eigenvalue weighted by Gasteiger charge is 2.49. The molecule has 10 heteroatoms. The van der Waals surface area contributed by atoms with E-state index in [2.05, 4.69) is 31.3 Å².